The van der Waals surface area contributed by atoms with Gasteiger partial charge in [-0.25, -0.2) is 0 Å². The van der Waals surface area contributed by atoms with E-state index in [9.17, 15) is 9.59 Å². The van der Waals surface area contributed by atoms with E-state index in [4.69, 9.17) is 27.9 Å². The van der Waals surface area contributed by atoms with Gasteiger partial charge in [-0.15, -0.1) is 12.8 Å². The summed E-state index contributed by atoms with van der Waals surface area (Å²) in [5.41, 5.74) is -0.00131. The van der Waals surface area contributed by atoms with Crippen LogP contribution < -0.4 is 0 Å². The number of allylic oxidation sites excluding steroid dienone is 4. The topological polar surface area (TPSA) is 49.9 Å². The van der Waals surface area contributed by atoms with Crippen molar-refractivity contribution in [3.8, 4) is 12.8 Å². The Hall–Kier alpha value is -2.26. The van der Waals surface area contributed by atoms with Crippen LogP contribution in [0.2, 0.25) is 10.0 Å². The van der Waals surface area contributed by atoms with E-state index < -0.39 is 5.54 Å². The summed E-state index contributed by atoms with van der Waals surface area (Å²) in [7, 11) is 4.30. The van der Waals surface area contributed by atoms with Crippen molar-refractivity contribution < 1.29 is 14.3 Å². The van der Waals surface area contributed by atoms with Crippen molar-refractivity contribution in [2.24, 2.45) is 11.8 Å². The molecule has 1 aromatic carbocycles. The van der Waals surface area contributed by atoms with Gasteiger partial charge >= 0.3 is 0 Å². The summed E-state index contributed by atoms with van der Waals surface area (Å²) in [5.74, 6) is 2.43. The van der Waals surface area contributed by atoms with Gasteiger partial charge in [0.2, 0.25) is 6.41 Å². The Morgan fingerprint density at radius 1 is 1.07 bits per heavy atom. The average Bonchev–Trinajstić information content (AvgIpc) is 2.91. The Morgan fingerprint density at radius 3 is 2.17 bits per heavy atom. The van der Waals surface area contributed by atoms with Crippen LogP contribution in [0.5, 0.6) is 0 Å². The van der Waals surface area contributed by atoms with Crippen molar-refractivity contribution in [3.05, 3.63) is 57.8 Å². The van der Waals surface area contributed by atoms with Crippen LogP contribution >= 0.6 is 23.2 Å². The molecule has 0 spiro atoms. The van der Waals surface area contributed by atoms with Crippen LogP contribution in [0.4, 0.5) is 0 Å². The number of nitrogens with zero attached hydrogens (tertiary/aromatic N) is 2. The first-order valence-corrected chi connectivity index (χ1v) is 15.8. The van der Waals surface area contributed by atoms with Gasteiger partial charge in [0.25, 0.3) is 0 Å². The molecule has 1 aromatic rings. The predicted molar refractivity (Wildman–Crippen MR) is 178 cm³/mol. The molecule has 5 nitrogen and oxygen atoms in total. The van der Waals surface area contributed by atoms with Gasteiger partial charge in [0.1, 0.15) is 11.9 Å². The van der Waals surface area contributed by atoms with Crippen LogP contribution in [-0.4, -0.2) is 60.8 Å². The van der Waals surface area contributed by atoms with Gasteiger partial charge in [0.05, 0.1) is 11.3 Å². The van der Waals surface area contributed by atoms with Crippen molar-refractivity contribution in [3.63, 3.8) is 0 Å². The van der Waals surface area contributed by atoms with Gasteiger partial charge in [0, 0.05) is 23.1 Å². The molecule has 2 aliphatic carbocycles. The van der Waals surface area contributed by atoms with E-state index >= 15 is 0 Å². The zero-order valence-corrected chi connectivity index (χ0v) is 28.1. The minimum Gasteiger partial charge on any atom is -0.493 e. The lowest BCUT2D eigenvalue weighted by atomic mass is 9.75. The molecular formula is C35H52Cl2N2O3. The lowest BCUT2D eigenvalue weighted by Crippen LogP contribution is -2.52. The number of amides is 1. The molecular weight excluding hydrogens is 567 g/mol. The number of ether oxygens (including phenoxy) is 1. The minimum atomic E-state index is -0.724. The highest BCUT2D eigenvalue weighted by Gasteiger charge is 2.39. The van der Waals surface area contributed by atoms with Crippen molar-refractivity contribution >= 4 is 35.9 Å². The van der Waals surface area contributed by atoms with E-state index in [0.717, 1.165) is 49.2 Å². The lowest BCUT2D eigenvalue weighted by molar-refractivity contribution is -0.134. The highest BCUT2D eigenvalue weighted by molar-refractivity contribution is 6.35. The fraction of sp³-hybridized carbons (Fsp3) is 0.600. The number of benzene rings is 1. The SMILES string of the molecule is C#C.C/C(=C\C=C/CC1CCC(C=O)(N(C=O)CCc2ccc(Cl)cc2Cl)CC1)OC(C)(C)C.CN(C)CC1CCC1. The Labute approximate surface area is 265 Å². The predicted octanol–water partition coefficient (Wildman–Crippen LogP) is 8.38. The van der Waals surface area contributed by atoms with E-state index in [1.165, 1.54) is 25.8 Å². The Morgan fingerprint density at radius 2 is 1.71 bits per heavy atom. The molecule has 0 aliphatic heterocycles. The summed E-state index contributed by atoms with van der Waals surface area (Å²) >= 11 is 12.2. The number of hydrogen-bond donors (Lipinski definition) is 0. The van der Waals surface area contributed by atoms with Gasteiger partial charge in [-0.1, -0.05) is 47.8 Å². The molecule has 0 saturated heterocycles. The van der Waals surface area contributed by atoms with Crippen LogP contribution in [-0.2, 0) is 20.7 Å². The highest BCUT2D eigenvalue weighted by atomic mass is 35.5. The van der Waals surface area contributed by atoms with Crippen molar-refractivity contribution in [2.45, 2.75) is 96.6 Å². The highest BCUT2D eigenvalue weighted by Crippen LogP contribution is 2.37. The van der Waals surface area contributed by atoms with Crippen LogP contribution in [0.15, 0.2) is 42.2 Å². The minimum absolute atomic E-state index is 0.195. The molecule has 0 unspecified atom stereocenters. The Kier molecular flexibility index (Phi) is 17.2. The van der Waals surface area contributed by atoms with Crippen molar-refractivity contribution in [1.29, 1.82) is 0 Å². The summed E-state index contributed by atoms with van der Waals surface area (Å²) < 4.78 is 5.80. The van der Waals surface area contributed by atoms with Gasteiger partial charge < -0.3 is 19.3 Å². The van der Waals surface area contributed by atoms with Crippen molar-refractivity contribution in [2.75, 3.05) is 27.2 Å². The monoisotopic (exact) mass is 618 g/mol. The number of rotatable bonds is 12. The van der Waals surface area contributed by atoms with E-state index in [-0.39, 0.29) is 5.60 Å². The van der Waals surface area contributed by atoms with E-state index in [1.807, 2.05) is 45.9 Å². The number of terminal acetylenes is 1. The van der Waals surface area contributed by atoms with E-state index in [0.29, 0.717) is 41.8 Å². The Bertz CT molecular complexity index is 1030. The molecule has 2 fully saturated rings. The smallest absolute Gasteiger partial charge is 0.210 e. The second-order valence-corrected chi connectivity index (χ2v) is 13.5. The van der Waals surface area contributed by atoms with Gasteiger partial charge in [0.15, 0.2) is 0 Å². The lowest BCUT2D eigenvalue weighted by Gasteiger charge is -2.42. The zero-order chi connectivity index (χ0) is 31.8. The summed E-state index contributed by atoms with van der Waals surface area (Å²) in [5, 5.41) is 1.16. The second kappa shape index (κ2) is 19.1. The molecule has 0 atom stereocenters. The number of halogens is 2. The molecule has 3 rings (SSSR count). The molecule has 0 radical (unpaired) electrons. The maximum absolute atomic E-state index is 12.1. The standard InChI is InChI=1S/C26H35Cl2NO3.C7H15N.C2H2/c1-20(32-25(2,3)4)7-5-6-8-21-11-14-26(18-30,15-12-21)29(19-31)16-13-22-9-10-23(27)17-24(22)28;1-8(2)6-7-4-3-5-7;1-2/h5-7,9-10,17-19,21H,8,11-16H2,1-4H3;7H,3-6H2,1-2H3;1-2H/b6-5-,20-7+;;. The molecule has 2 saturated carbocycles. The van der Waals surface area contributed by atoms with Gasteiger partial charge in [-0.2, -0.15) is 0 Å². The maximum atomic E-state index is 12.1. The molecule has 1 amide bonds. The third-order valence-corrected chi connectivity index (χ3v) is 8.37. The largest absolute Gasteiger partial charge is 0.493 e. The first-order valence-electron chi connectivity index (χ1n) is 15.0. The molecule has 42 heavy (non-hydrogen) atoms. The molecule has 2 aliphatic rings. The molecule has 0 bridgehead atoms. The van der Waals surface area contributed by atoms with Crippen LogP contribution in [0.3, 0.4) is 0 Å². The third kappa shape index (κ3) is 13.8. The average molecular weight is 620 g/mol. The maximum Gasteiger partial charge on any atom is 0.210 e. The molecule has 7 heteroatoms. The third-order valence-electron chi connectivity index (χ3n) is 7.78. The van der Waals surface area contributed by atoms with Gasteiger partial charge in [-0.3, -0.25) is 4.79 Å². The normalized spacial score (nSPS) is 20.9. The van der Waals surface area contributed by atoms with E-state index in [1.54, 1.807) is 17.0 Å². The first kappa shape index (κ1) is 37.8. The fourth-order valence-corrected chi connectivity index (χ4v) is 5.92. The van der Waals surface area contributed by atoms with Crippen LogP contribution in [0, 0.1) is 24.7 Å². The summed E-state index contributed by atoms with van der Waals surface area (Å²) in [6.45, 7) is 9.80. The summed E-state index contributed by atoms with van der Waals surface area (Å²) in [4.78, 5) is 27.9. The quantitative estimate of drug-likeness (QED) is 0.102. The Balaban J connectivity index is 0.000000748. The van der Waals surface area contributed by atoms with Crippen LogP contribution in [0.25, 0.3) is 0 Å². The zero-order valence-electron chi connectivity index (χ0n) is 26.6. The van der Waals surface area contributed by atoms with E-state index in [2.05, 4.69) is 37.9 Å². The number of carbonyl (C=O) groups excluding carboxylic acids is 2. The fourth-order valence-electron chi connectivity index (χ4n) is 5.41. The number of aldehydes is 1. The number of hydrogen-bond acceptors (Lipinski definition) is 4. The summed E-state index contributed by atoms with van der Waals surface area (Å²) in [6.07, 6.45) is 25.1. The number of carbonyl (C=O) groups is 2. The van der Waals surface area contributed by atoms with Crippen molar-refractivity contribution in [1.82, 2.24) is 9.80 Å². The van der Waals surface area contributed by atoms with Crippen LogP contribution in [0.1, 0.15) is 84.6 Å². The molecule has 0 heterocycles. The second-order valence-electron chi connectivity index (χ2n) is 12.7. The molecule has 234 valence electrons. The summed E-state index contributed by atoms with van der Waals surface area (Å²) in [6, 6.07) is 5.35. The van der Waals surface area contributed by atoms with Gasteiger partial charge in [-0.05, 0) is 129 Å². The molecule has 0 N–H and O–H groups in total. The molecule has 0 aromatic heterocycles. The first-order chi connectivity index (χ1) is 19.9.